The van der Waals surface area contributed by atoms with Crippen molar-refractivity contribution in [3.63, 3.8) is 0 Å². The van der Waals surface area contributed by atoms with Crippen LogP contribution in [-0.4, -0.2) is 44.3 Å². The smallest absolute Gasteiger partial charge is 0.277 e. The minimum Gasteiger partial charge on any atom is -0.444 e. The van der Waals surface area contributed by atoms with Crippen molar-refractivity contribution >= 4 is 23.3 Å². The molecule has 1 unspecified atom stereocenters. The van der Waals surface area contributed by atoms with E-state index in [9.17, 15) is 9.59 Å². The molecule has 0 spiro atoms. The van der Waals surface area contributed by atoms with Crippen molar-refractivity contribution < 1.29 is 18.7 Å². The maximum Gasteiger partial charge on any atom is 0.277 e. The highest BCUT2D eigenvalue weighted by atomic mass is 16.5. The molecule has 11 heteroatoms. The van der Waals surface area contributed by atoms with Crippen molar-refractivity contribution in [3.05, 3.63) is 42.2 Å². The van der Waals surface area contributed by atoms with Gasteiger partial charge < -0.3 is 25.9 Å². The van der Waals surface area contributed by atoms with Crippen molar-refractivity contribution in [1.82, 2.24) is 19.7 Å². The summed E-state index contributed by atoms with van der Waals surface area (Å²) in [5, 5.41) is 6.77. The zero-order chi connectivity index (χ0) is 20.4. The van der Waals surface area contributed by atoms with Crippen LogP contribution in [0.3, 0.4) is 0 Å². The molecule has 3 aromatic heterocycles. The topological polar surface area (TPSA) is 164 Å². The molecule has 0 saturated carbocycles. The number of aromatic nitrogens is 4. The number of carbonyl (C=O) groups excluding carboxylic acids is 2. The van der Waals surface area contributed by atoms with Gasteiger partial charge in [0.25, 0.3) is 11.8 Å². The maximum absolute atomic E-state index is 12.6. The molecule has 150 valence electrons. The third-order valence-electron chi connectivity index (χ3n) is 4.42. The largest absolute Gasteiger partial charge is 0.444 e. The molecule has 0 aliphatic carbocycles. The van der Waals surface area contributed by atoms with E-state index in [-0.39, 0.29) is 29.1 Å². The fraction of sp³-hybridized carbons (Fsp3) is 0.278. The Bertz CT molecular complexity index is 1050. The number of ether oxygens (including phenoxy) is 1. The minimum atomic E-state index is -0.750. The average molecular weight is 397 g/mol. The SMILES string of the molecule is NC(=O)c1nn(CC2CCCO2)cc1NC(=O)c1coc(-c2ccnc(N)c2)n1. The molecule has 5 N–H and O–H groups in total. The van der Waals surface area contributed by atoms with Crippen LogP contribution in [0.15, 0.2) is 35.2 Å². The number of hydrogen-bond acceptors (Lipinski definition) is 8. The number of amides is 2. The number of rotatable bonds is 6. The molecule has 0 radical (unpaired) electrons. The fourth-order valence-electron chi connectivity index (χ4n) is 3.06. The van der Waals surface area contributed by atoms with Gasteiger partial charge in [0.15, 0.2) is 11.4 Å². The van der Waals surface area contributed by atoms with E-state index in [1.165, 1.54) is 12.5 Å². The summed E-state index contributed by atoms with van der Waals surface area (Å²) in [5.74, 6) is -0.800. The van der Waals surface area contributed by atoms with Gasteiger partial charge in [0.05, 0.1) is 18.3 Å². The van der Waals surface area contributed by atoms with E-state index in [0.717, 1.165) is 12.8 Å². The van der Waals surface area contributed by atoms with Crippen molar-refractivity contribution in [2.45, 2.75) is 25.5 Å². The van der Waals surface area contributed by atoms with E-state index in [2.05, 4.69) is 20.4 Å². The summed E-state index contributed by atoms with van der Waals surface area (Å²) in [6, 6.07) is 3.23. The van der Waals surface area contributed by atoms with E-state index in [0.29, 0.717) is 24.5 Å². The van der Waals surface area contributed by atoms with E-state index >= 15 is 0 Å². The standard InChI is InChI=1S/C18H19N7O4/c19-14-6-10(3-4-21-14)18-23-13(9-29-18)17(27)22-12-8-25(24-15(12)16(20)26)7-11-2-1-5-28-11/h3-4,6,8-9,11H,1-2,5,7H2,(H2,19,21)(H2,20,26)(H,22,27). The van der Waals surface area contributed by atoms with E-state index in [1.54, 1.807) is 23.0 Å². The molecule has 1 aliphatic heterocycles. The minimum absolute atomic E-state index is 0.0186. The molecule has 1 atom stereocenters. The lowest BCUT2D eigenvalue weighted by molar-refractivity contribution is 0.0927. The van der Waals surface area contributed by atoms with Crippen LogP contribution < -0.4 is 16.8 Å². The Balaban J connectivity index is 1.52. The van der Waals surface area contributed by atoms with E-state index < -0.39 is 11.8 Å². The van der Waals surface area contributed by atoms with Crippen molar-refractivity contribution in [3.8, 4) is 11.5 Å². The molecular weight excluding hydrogens is 378 g/mol. The monoisotopic (exact) mass is 397 g/mol. The van der Waals surface area contributed by atoms with Gasteiger partial charge in [-0.3, -0.25) is 14.3 Å². The molecule has 4 rings (SSSR count). The second kappa shape index (κ2) is 7.72. The van der Waals surface area contributed by atoms with Crippen LogP contribution in [0.4, 0.5) is 11.5 Å². The third kappa shape index (κ3) is 4.09. The Hall–Kier alpha value is -3.73. The van der Waals surface area contributed by atoms with Crippen LogP contribution in [0.25, 0.3) is 11.5 Å². The summed E-state index contributed by atoms with van der Waals surface area (Å²) < 4.78 is 12.5. The first-order valence-electron chi connectivity index (χ1n) is 8.97. The van der Waals surface area contributed by atoms with E-state index in [4.69, 9.17) is 20.6 Å². The first-order chi connectivity index (χ1) is 14.0. The molecule has 0 bridgehead atoms. The van der Waals surface area contributed by atoms with Crippen molar-refractivity contribution in [2.75, 3.05) is 17.7 Å². The Morgan fingerprint density at radius 3 is 2.97 bits per heavy atom. The van der Waals surface area contributed by atoms with Gasteiger partial charge in [-0.15, -0.1) is 0 Å². The second-order valence-electron chi connectivity index (χ2n) is 6.57. The van der Waals surface area contributed by atoms with Crippen LogP contribution in [0, 0.1) is 0 Å². The van der Waals surface area contributed by atoms with Gasteiger partial charge in [0.2, 0.25) is 5.89 Å². The van der Waals surface area contributed by atoms with Gasteiger partial charge in [-0.25, -0.2) is 9.97 Å². The number of anilines is 2. The zero-order valence-corrected chi connectivity index (χ0v) is 15.4. The molecule has 2 amide bonds. The maximum atomic E-state index is 12.6. The van der Waals surface area contributed by atoms with Gasteiger partial charge in [-0.1, -0.05) is 0 Å². The predicted octanol–water partition coefficient (Wildman–Crippen LogP) is 1.05. The van der Waals surface area contributed by atoms with Gasteiger partial charge in [0.1, 0.15) is 12.1 Å². The number of nitrogens with one attached hydrogen (secondary N) is 1. The molecule has 0 aromatic carbocycles. The highest BCUT2D eigenvalue weighted by Gasteiger charge is 2.22. The second-order valence-corrected chi connectivity index (χ2v) is 6.57. The van der Waals surface area contributed by atoms with Gasteiger partial charge in [-0.05, 0) is 25.0 Å². The molecule has 1 aliphatic rings. The summed E-state index contributed by atoms with van der Waals surface area (Å²) >= 11 is 0. The Kier molecular flexibility index (Phi) is 4.96. The van der Waals surface area contributed by atoms with Crippen LogP contribution in [0.5, 0.6) is 0 Å². The van der Waals surface area contributed by atoms with Gasteiger partial charge in [-0.2, -0.15) is 5.10 Å². The third-order valence-corrected chi connectivity index (χ3v) is 4.42. The number of nitrogen functional groups attached to an aromatic ring is 1. The highest BCUT2D eigenvalue weighted by Crippen LogP contribution is 2.21. The van der Waals surface area contributed by atoms with Gasteiger partial charge >= 0.3 is 0 Å². The number of primary amides is 1. The quantitative estimate of drug-likeness (QED) is 0.555. The lowest BCUT2D eigenvalue weighted by atomic mass is 10.2. The Labute approximate surface area is 165 Å². The summed E-state index contributed by atoms with van der Waals surface area (Å²) in [5.41, 5.74) is 11.8. The number of oxazole rings is 1. The zero-order valence-electron chi connectivity index (χ0n) is 15.4. The summed E-state index contributed by atoms with van der Waals surface area (Å²) in [6.07, 6.45) is 6.18. The normalized spacial score (nSPS) is 16.1. The summed E-state index contributed by atoms with van der Waals surface area (Å²) in [7, 11) is 0. The molecule has 1 saturated heterocycles. The lowest BCUT2D eigenvalue weighted by Crippen LogP contribution is -2.18. The predicted molar refractivity (Wildman–Crippen MR) is 102 cm³/mol. The summed E-state index contributed by atoms with van der Waals surface area (Å²) in [6.45, 7) is 1.17. The van der Waals surface area contributed by atoms with Gasteiger partial charge in [0, 0.05) is 24.6 Å². The molecule has 1 fully saturated rings. The average Bonchev–Trinajstić information content (AvgIpc) is 3.42. The summed E-state index contributed by atoms with van der Waals surface area (Å²) in [4.78, 5) is 32.3. The van der Waals surface area contributed by atoms with Crippen molar-refractivity contribution in [1.29, 1.82) is 0 Å². The lowest BCUT2D eigenvalue weighted by Gasteiger charge is -2.08. The van der Waals surface area contributed by atoms with Crippen LogP contribution in [0.2, 0.25) is 0 Å². The van der Waals surface area contributed by atoms with Crippen LogP contribution >= 0.6 is 0 Å². The Morgan fingerprint density at radius 1 is 1.38 bits per heavy atom. The molecular formula is C18H19N7O4. The molecule has 3 aromatic rings. The highest BCUT2D eigenvalue weighted by molar-refractivity contribution is 6.07. The first kappa shape index (κ1) is 18.6. The molecule has 29 heavy (non-hydrogen) atoms. The number of hydrogen-bond donors (Lipinski definition) is 3. The first-order valence-corrected chi connectivity index (χ1v) is 8.97. The number of pyridine rings is 1. The molecule has 11 nitrogen and oxygen atoms in total. The molecule has 4 heterocycles. The number of carbonyl (C=O) groups is 2. The van der Waals surface area contributed by atoms with Crippen LogP contribution in [0.1, 0.15) is 33.8 Å². The van der Waals surface area contributed by atoms with Crippen LogP contribution in [-0.2, 0) is 11.3 Å². The fourth-order valence-corrected chi connectivity index (χ4v) is 3.06. The van der Waals surface area contributed by atoms with Crippen molar-refractivity contribution in [2.24, 2.45) is 5.73 Å². The van der Waals surface area contributed by atoms with E-state index in [1.807, 2.05) is 0 Å². The number of nitrogens with zero attached hydrogens (tertiary/aromatic N) is 4. The Morgan fingerprint density at radius 2 is 2.24 bits per heavy atom. The number of nitrogens with two attached hydrogens (primary N) is 2.